The first-order valence-electron chi connectivity index (χ1n) is 6.12. The molecule has 2 rings (SSSR count). The Bertz CT molecular complexity index is 714. The fraction of sp³-hybridized carbons (Fsp3) is 0.0714. The lowest BCUT2D eigenvalue weighted by atomic mass is 10.3. The molecule has 0 unspecified atom stereocenters. The molecule has 0 fully saturated rings. The smallest absolute Gasteiger partial charge is 0.387 e. The number of halogens is 5. The third kappa shape index (κ3) is 5.35. The minimum atomic E-state index is -2.87. The van der Waals surface area contributed by atoms with E-state index in [0.717, 1.165) is 0 Å². The van der Waals surface area contributed by atoms with Gasteiger partial charge in [-0.05, 0) is 48.6 Å². The van der Waals surface area contributed by atoms with Gasteiger partial charge in [-0.1, -0.05) is 34.8 Å². The lowest BCUT2D eigenvalue weighted by molar-refractivity contribution is -0.0498. The van der Waals surface area contributed by atoms with Gasteiger partial charge in [0, 0.05) is 5.69 Å². The average molecular weight is 398 g/mol. The van der Waals surface area contributed by atoms with E-state index < -0.39 is 6.61 Å². The van der Waals surface area contributed by atoms with E-state index in [9.17, 15) is 8.78 Å². The van der Waals surface area contributed by atoms with Gasteiger partial charge in [-0.2, -0.15) is 8.78 Å². The van der Waals surface area contributed by atoms with Crippen molar-refractivity contribution >= 4 is 63.5 Å². The molecule has 0 aliphatic heterocycles. The van der Waals surface area contributed by atoms with Gasteiger partial charge in [-0.25, -0.2) is 0 Å². The molecule has 2 aromatic rings. The van der Waals surface area contributed by atoms with Gasteiger partial charge < -0.3 is 15.4 Å². The van der Waals surface area contributed by atoms with Crippen molar-refractivity contribution in [1.82, 2.24) is 0 Å². The highest BCUT2D eigenvalue weighted by Gasteiger charge is 2.08. The number of anilines is 2. The summed E-state index contributed by atoms with van der Waals surface area (Å²) >= 11 is 22.9. The van der Waals surface area contributed by atoms with Crippen molar-refractivity contribution in [1.29, 1.82) is 0 Å². The first-order valence-corrected chi connectivity index (χ1v) is 7.67. The SMILES string of the molecule is FC(F)Oc1ccc(NC(=S)Nc2cc(Cl)c(Cl)cc2Cl)cc1. The molecule has 0 aromatic heterocycles. The maximum absolute atomic E-state index is 12.1. The second-order valence-electron chi connectivity index (χ2n) is 4.23. The minimum absolute atomic E-state index is 0.0527. The third-order valence-electron chi connectivity index (χ3n) is 2.60. The molecule has 0 saturated carbocycles. The molecule has 0 heterocycles. The van der Waals surface area contributed by atoms with Crippen LogP contribution in [0.3, 0.4) is 0 Å². The highest BCUT2D eigenvalue weighted by molar-refractivity contribution is 7.80. The van der Waals surface area contributed by atoms with Crippen LogP contribution in [0.5, 0.6) is 5.75 Å². The molecule has 0 saturated heterocycles. The van der Waals surface area contributed by atoms with Crippen LogP contribution in [-0.4, -0.2) is 11.7 Å². The van der Waals surface area contributed by atoms with Crippen LogP contribution < -0.4 is 15.4 Å². The van der Waals surface area contributed by atoms with Gasteiger partial charge in [0.25, 0.3) is 0 Å². The highest BCUT2D eigenvalue weighted by Crippen LogP contribution is 2.32. The molecule has 0 aliphatic rings. The number of hydrogen-bond acceptors (Lipinski definition) is 2. The Hall–Kier alpha value is -1.34. The number of nitrogens with one attached hydrogen (secondary N) is 2. The number of hydrogen-bond donors (Lipinski definition) is 2. The number of alkyl halides is 2. The summed E-state index contributed by atoms with van der Waals surface area (Å²) in [5.41, 5.74) is 1.07. The van der Waals surface area contributed by atoms with Gasteiger partial charge in [0.05, 0.1) is 20.8 Å². The third-order valence-corrected chi connectivity index (χ3v) is 3.83. The summed E-state index contributed by atoms with van der Waals surface area (Å²) in [6.07, 6.45) is 0. The molecule has 2 N–H and O–H groups in total. The molecule has 0 spiro atoms. The summed E-state index contributed by atoms with van der Waals surface area (Å²) in [5.74, 6) is 0.0527. The highest BCUT2D eigenvalue weighted by atomic mass is 35.5. The van der Waals surface area contributed by atoms with E-state index in [1.54, 1.807) is 18.2 Å². The topological polar surface area (TPSA) is 33.3 Å². The quantitative estimate of drug-likeness (QED) is 0.485. The van der Waals surface area contributed by atoms with E-state index in [1.807, 2.05) is 0 Å². The van der Waals surface area contributed by atoms with E-state index in [2.05, 4.69) is 15.4 Å². The molecule has 0 atom stereocenters. The molecule has 23 heavy (non-hydrogen) atoms. The van der Waals surface area contributed by atoms with Crippen LogP contribution in [0.25, 0.3) is 0 Å². The predicted molar refractivity (Wildman–Crippen MR) is 94.4 cm³/mol. The van der Waals surface area contributed by atoms with E-state index in [4.69, 9.17) is 47.0 Å². The number of ether oxygens (including phenoxy) is 1. The number of benzene rings is 2. The van der Waals surface area contributed by atoms with Crippen molar-refractivity contribution in [2.45, 2.75) is 6.61 Å². The Kier molecular flexibility index (Phi) is 6.24. The molecule has 0 radical (unpaired) electrons. The van der Waals surface area contributed by atoms with Crippen LogP contribution in [0.2, 0.25) is 15.1 Å². The molecular weight excluding hydrogens is 389 g/mol. The van der Waals surface area contributed by atoms with Crippen LogP contribution >= 0.6 is 47.0 Å². The standard InChI is InChI=1S/C14H9Cl3F2N2OS/c15-9-5-11(17)12(6-10(9)16)21-14(23)20-7-1-3-8(4-2-7)22-13(18)19/h1-6,13H,(H2,20,21,23). The van der Waals surface area contributed by atoms with Crippen molar-refractivity contribution in [2.24, 2.45) is 0 Å². The van der Waals surface area contributed by atoms with Crippen LogP contribution in [0.15, 0.2) is 36.4 Å². The molecule has 2 aromatic carbocycles. The summed E-state index contributed by atoms with van der Waals surface area (Å²) < 4.78 is 28.4. The maximum Gasteiger partial charge on any atom is 0.387 e. The molecular formula is C14H9Cl3F2N2OS. The lowest BCUT2D eigenvalue weighted by Gasteiger charge is -2.13. The van der Waals surface area contributed by atoms with Crippen LogP contribution in [0, 0.1) is 0 Å². The van der Waals surface area contributed by atoms with Crippen LogP contribution in [0.4, 0.5) is 20.2 Å². The first kappa shape index (κ1) is 18.0. The van der Waals surface area contributed by atoms with Crippen molar-refractivity contribution < 1.29 is 13.5 Å². The zero-order valence-corrected chi connectivity index (χ0v) is 14.3. The predicted octanol–water partition coefficient (Wildman–Crippen LogP) is 6.06. The monoisotopic (exact) mass is 396 g/mol. The van der Waals surface area contributed by atoms with E-state index >= 15 is 0 Å². The molecule has 0 amide bonds. The van der Waals surface area contributed by atoms with Crippen molar-refractivity contribution in [3.63, 3.8) is 0 Å². The maximum atomic E-state index is 12.1. The Labute approximate surface area is 151 Å². The molecule has 0 bridgehead atoms. The summed E-state index contributed by atoms with van der Waals surface area (Å²) in [5, 5.41) is 6.99. The van der Waals surface area contributed by atoms with Gasteiger partial charge in [0.2, 0.25) is 0 Å². The van der Waals surface area contributed by atoms with Gasteiger partial charge in [0.15, 0.2) is 5.11 Å². The van der Waals surface area contributed by atoms with E-state index in [1.165, 1.54) is 18.2 Å². The second-order valence-corrected chi connectivity index (χ2v) is 5.86. The van der Waals surface area contributed by atoms with Crippen molar-refractivity contribution in [3.05, 3.63) is 51.5 Å². The van der Waals surface area contributed by atoms with Gasteiger partial charge >= 0.3 is 6.61 Å². The fourth-order valence-electron chi connectivity index (χ4n) is 1.62. The molecule has 3 nitrogen and oxygen atoms in total. The van der Waals surface area contributed by atoms with Crippen molar-refractivity contribution in [2.75, 3.05) is 10.6 Å². The minimum Gasteiger partial charge on any atom is -0.435 e. The largest absolute Gasteiger partial charge is 0.435 e. The Morgan fingerprint density at radius 1 is 0.957 bits per heavy atom. The zero-order chi connectivity index (χ0) is 17.0. The Balaban J connectivity index is 2.01. The average Bonchev–Trinajstić information content (AvgIpc) is 2.46. The summed E-state index contributed by atoms with van der Waals surface area (Å²) in [6.45, 7) is -2.87. The summed E-state index contributed by atoms with van der Waals surface area (Å²) in [4.78, 5) is 0. The second kappa shape index (κ2) is 7.97. The normalized spacial score (nSPS) is 10.5. The van der Waals surface area contributed by atoms with Gasteiger partial charge in [-0.3, -0.25) is 0 Å². The Morgan fingerprint density at radius 3 is 2.17 bits per heavy atom. The van der Waals surface area contributed by atoms with E-state index in [-0.39, 0.29) is 10.9 Å². The molecule has 122 valence electrons. The lowest BCUT2D eigenvalue weighted by Crippen LogP contribution is -2.19. The number of thiocarbonyl (C=S) groups is 1. The van der Waals surface area contributed by atoms with Gasteiger partial charge in [0.1, 0.15) is 5.75 Å². The van der Waals surface area contributed by atoms with E-state index in [0.29, 0.717) is 26.4 Å². The summed E-state index contributed by atoms with van der Waals surface area (Å²) in [6, 6.07) is 8.91. The van der Waals surface area contributed by atoms with Crippen LogP contribution in [0.1, 0.15) is 0 Å². The molecule has 9 heteroatoms. The fourth-order valence-corrected chi connectivity index (χ4v) is 2.44. The van der Waals surface area contributed by atoms with Gasteiger partial charge in [-0.15, -0.1) is 0 Å². The first-order chi connectivity index (χ1) is 10.8. The molecule has 0 aliphatic carbocycles. The number of rotatable bonds is 4. The zero-order valence-electron chi connectivity index (χ0n) is 11.2. The summed E-state index contributed by atoms with van der Waals surface area (Å²) in [7, 11) is 0. The van der Waals surface area contributed by atoms with Crippen molar-refractivity contribution in [3.8, 4) is 5.75 Å². The van der Waals surface area contributed by atoms with Crippen LogP contribution in [-0.2, 0) is 0 Å². The Morgan fingerprint density at radius 2 is 1.57 bits per heavy atom.